The number of carbonyl (C=O) groups is 1. The van der Waals surface area contributed by atoms with E-state index in [-0.39, 0.29) is 24.5 Å². The minimum Gasteiger partial charge on any atom is -0.472 e. The van der Waals surface area contributed by atoms with Crippen molar-refractivity contribution in [2.75, 3.05) is 25.6 Å². The molecule has 3 aromatic rings. The van der Waals surface area contributed by atoms with Crippen LogP contribution in [0.5, 0.6) is 5.88 Å². The molecule has 0 radical (unpaired) electrons. The van der Waals surface area contributed by atoms with Crippen molar-refractivity contribution in [2.45, 2.75) is 32.9 Å². The van der Waals surface area contributed by atoms with E-state index in [1.54, 1.807) is 30.5 Å². The van der Waals surface area contributed by atoms with Crippen LogP contribution in [0.15, 0.2) is 36.7 Å². The van der Waals surface area contributed by atoms with Gasteiger partial charge >= 0.3 is 6.03 Å². The van der Waals surface area contributed by atoms with E-state index in [9.17, 15) is 4.79 Å². The van der Waals surface area contributed by atoms with E-state index in [0.29, 0.717) is 48.7 Å². The zero-order chi connectivity index (χ0) is 23.4. The zero-order valence-electron chi connectivity index (χ0n) is 19.1. The number of hydrogen-bond donors (Lipinski definition) is 1. The monoisotopic (exact) mass is 504 g/mol. The summed E-state index contributed by atoms with van der Waals surface area (Å²) in [5.41, 5.74) is 3.89. The van der Waals surface area contributed by atoms with E-state index in [4.69, 9.17) is 26.1 Å². The van der Waals surface area contributed by atoms with Crippen molar-refractivity contribution in [3.8, 4) is 17.3 Å². The molecule has 0 unspecified atom stereocenters. The standard InChI is InChI=1S/C23H25ClN6O3.ClH/c1-14-4-6-17(11-25-14)27-23(31)30-9-8-19-18(12-30)22(33-15(2)13-32-3)29-21(28-19)16-5-7-20(24)26-10-16;/h4-7,10-11,15H,8-9,12-13H2,1-3H3,(H,27,31);1H/t15-;/m0./s1. The van der Waals surface area contributed by atoms with Gasteiger partial charge < -0.3 is 19.7 Å². The molecule has 0 saturated heterocycles. The van der Waals surface area contributed by atoms with Gasteiger partial charge in [-0.25, -0.2) is 14.8 Å². The molecule has 1 aliphatic rings. The molecule has 9 nitrogen and oxygen atoms in total. The molecule has 0 saturated carbocycles. The molecule has 4 heterocycles. The molecule has 2 amide bonds. The summed E-state index contributed by atoms with van der Waals surface area (Å²) < 4.78 is 11.3. The van der Waals surface area contributed by atoms with Gasteiger partial charge in [0.15, 0.2) is 5.82 Å². The van der Waals surface area contributed by atoms with Gasteiger partial charge in [0.1, 0.15) is 11.3 Å². The van der Waals surface area contributed by atoms with Gasteiger partial charge in [0.2, 0.25) is 5.88 Å². The van der Waals surface area contributed by atoms with Crippen LogP contribution in [-0.4, -0.2) is 57.2 Å². The highest BCUT2D eigenvalue weighted by atomic mass is 35.5. The second-order valence-corrected chi connectivity index (χ2v) is 8.21. The van der Waals surface area contributed by atoms with Gasteiger partial charge in [-0.3, -0.25) is 4.98 Å². The predicted octanol–water partition coefficient (Wildman–Crippen LogP) is 4.32. The quantitative estimate of drug-likeness (QED) is 0.498. The Kier molecular flexibility index (Phi) is 8.60. The van der Waals surface area contributed by atoms with Crippen molar-refractivity contribution in [1.82, 2.24) is 24.8 Å². The van der Waals surface area contributed by atoms with Crippen LogP contribution in [0.2, 0.25) is 5.15 Å². The van der Waals surface area contributed by atoms with Gasteiger partial charge in [-0.15, -0.1) is 12.4 Å². The zero-order valence-corrected chi connectivity index (χ0v) is 20.7. The van der Waals surface area contributed by atoms with Crippen molar-refractivity contribution in [1.29, 1.82) is 0 Å². The highest BCUT2D eigenvalue weighted by Gasteiger charge is 2.27. The van der Waals surface area contributed by atoms with Gasteiger partial charge in [-0.05, 0) is 38.1 Å². The van der Waals surface area contributed by atoms with Crippen LogP contribution in [0.4, 0.5) is 10.5 Å². The maximum atomic E-state index is 12.9. The number of anilines is 1. The summed E-state index contributed by atoms with van der Waals surface area (Å²) in [6, 6.07) is 6.98. The SMILES string of the molecule is COC[C@H](C)Oc1nc(-c2ccc(Cl)nc2)nc2c1CN(C(=O)Nc1ccc(C)nc1)CC2.Cl. The molecule has 4 rings (SSSR count). The second-order valence-electron chi connectivity index (χ2n) is 7.82. The Hall–Kier alpha value is -3.01. The van der Waals surface area contributed by atoms with E-state index in [0.717, 1.165) is 22.5 Å². The topological polar surface area (TPSA) is 102 Å². The van der Waals surface area contributed by atoms with Gasteiger partial charge in [0.25, 0.3) is 0 Å². The molecule has 1 aliphatic heterocycles. The molecule has 1 N–H and O–H groups in total. The number of fused-ring (bicyclic) bond motifs is 1. The summed E-state index contributed by atoms with van der Waals surface area (Å²) in [7, 11) is 1.62. The summed E-state index contributed by atoms with van der Waals surface area (Å²) in [5.74, 6) is 0.935. The third-order valence-electron chi connectivity index (χ3n) is 5.17. The number of ether oxygens (including phenoxy) is 2. The van der Waals surface area contributed by atoms with Crippen molar-refractivity contribution < 1.29 is 14.3 Å². The third-order valence-corrected chi connectivity index (χ3v) is 5.40. The number of halogens is 2. The van der Waals surface area contributed by atoms with Crippen LogP contribution < -0.4 is 10.1 Å². The fraction of sp³-hybridized carbons (Fsp3) is 0.348. The number of rotatable bonds is 6. The maximum Gasteiger partial charge on any atom is 0.322 e. The number of nitrogens with one attached hydrogen (secondary N) is 1. The van der Waals surface area contributed by atoms with Crippen LogP contribution in [0.1, 0.15) is 23.9 Å². The van der Waals surface area contributed by atoms with E-state index in [2.05, 4.69) is 20.3 Å². The Balaban J connectivity index is 0.00000324. The average Bonchev–Trinajstić information content (AvgIpc) is 2.81. The molecule has 1 atom stereocenters. The van der Waals surface area contributed by atoms with Crippen LogP contribution in [-0.2, 0) is 17.7 Å². The van der Waals surface area contributed by atoms with Gasteiger partial charge in [0, 0.05) is 37.5 Å². The molecule has 0 aromatic carbocycles. The van der Waals surface area contributed by atoms with Gasteiger partial charge in [0.05, 0.1) is 36.3 Å². The Bertz CT molecular complexity index is 1130. The second kappa shape index (κ2) is 11.4. The van der Waals surface area contributed by atoms with Gasteiger partial charge in [-0.2, -0.15) is 4.98 Å². The molecular weight excluding hydrogens is 479 g/mol. The summed E-state index contributed by atoms with van der Waals surface area (Å²) >= 11 is 5.92. The van der Waals surface area contributed by atoms with E-state index in [1.165, 1.54) is 0 Å². The number of hydrogen-bond acceptors (Lipinski definition) is 7. The number of aromatic nitrogens is 4. The number of amides is 2. The lowest BCUT2D eigenvalue weighted by molar-refractivity contribution is 0.0872. The first-order chi connectivity index (χ1) is 15.9. The van der Waals surface area contributed by atoms with E-state index >= 15 is 0 Å². The average molecular weight is 505 g/mol. The smallest absolute Gasteiger partial charge is 0.322 e. The highest BCUT2D eigenvalue weighted by Crippen LogP contribution is 2.30. The van der Waals surface area contributed by atoms with Crippen molar-refractivity contribution >= 4 is 35.7 Å². The lowest BCUT2D eigenvalue weighted by atomic mass is 10.1. The molecule has 34 heavy (non-hydrogen) atoms. The number of aryl methyl sites for hydroxylation is 1. The summed E-state index contributed by atoms with van der Waals surface area (Å²) in [6.07, 6.45) is 3.61. The number of methoxy groups -OCH3 is 1. The predicted molar refractivity (Wildman–Crippen MR) is 132 cm³/mol. The number of carbonyl (C=O) groups excluding carboxylic acids is 1. The molecule has 0 aliphatic carbocycles. The van der Waals surface area contributed by atoms with Crippen LogP contribution in [0, 0.1) is 6.92 Å². The van der Waals surface area contributed by atoms with Gasteiger partial charge in [-0.1, -0.05) is 11.6 Å². The molecule has 180 valence electrons. The maximum absolute atomic E-state index is 12.9. The normalized spacial score (nSPS) is 13.5. The first-order valence-electron chi connectivity index (χ1n) is 10.6. The fourth-order valence-corrected chi connectivity index (χ4v) is 3.61. The molecule has 0 bridgehead atoms. The fourth-order valence-electron chi connectivity index (χ4n) is 3.50. The van der Waals surface area contributed by atoms with Crippen molar-refractivity contribution in [3.05, 3.63) is 58.8 Å². The Morgan fingerprint density at radius 1 is 1.21 bits per heavy atom. The molecule has 11 heteroatoms. The number of pyridine rings is 2. The van der Waals surface area contributed by atoms with E-state index < -0.39 is 0 Å². The van der Waals surface area contributed by atoms with Crippen molar-refractivity contribution in [3.63, 3.8) is 0 Å². The first kappa shape index (κ1) is 25.6. The lowest BCUT2D eigenvalue weighted by Gasteiger charge is -2.30. The molecule has 0 spiro atoms. The Morgan fingerprint density at radius 3 is 2.71 bits per heavy atom. The highest BCUT2D eigenvalue weighted by molar-refractivity contribution is 6.29. The molecular formula is C23H26Cl2N6O3. The Morgan fingerprint density at radius 2 is 2.03 bits per heavy atom. The van der Waals surface area contributed by atoms with Crippen LogP contribution in [0.3, 0.4) is 0 Å². The number of urea groups is 1. The Labute approximate surface area is 209 Å². The summed E-state index contributed by atoms with van der Waals surface area (Å²) in [6.45, 7) is 5.04. The minimum atomic E-state index is -0.229. The van der Waals surface area contributed by atoms with Crippen LogP contribution in [0.25, 0.3) is 11.4 Å². The number of nitrogens with zero attached hydrogens (tertiary/aromatic N) is 5. The molecule has 3 aromatic heterocycles. The van der Waals surface area contributed by atoms with Crippen LogP contribution >= 0.6 is 24.0 Å². The third kappa shape index (κ3) is 6.11. The van der Waals surface area contributed by atoms with Crippen molar-refractivity contribution in [2.24, 2.45) is 0 Å². The minimum absolute atomic E-state index is 0. The first-order valence-corrected chi connectivity index (χ1v) is 11.0. The molecule has 0 fully saturated rings. The largest absolute Gasteiger partial charge is 0.472 e. The summed E-state index contributed by atoms with van der Waals surface area (Å²) in [5, 5.41) is 3.29. The summed E-state index contributed by atoms with van der Waals surface area (Å²) in [4.78, 5) is 32.3. The lowest BCUT2D eigenvalue weighted by Crippen LogP contribution is -2.39. The van der Waals surface area contributed by atoms with E-state index in [1.807, 2.05) is 32.0 Å².